The molecule has 0 spiro atoms. The van der Waals surface area contributed by atoms with Gasteiger partial charge in [0.05, 0.1) is 24.6 Å². The lowest BCUT2D eigenvalue weighted by Crippen LogP contribution is -2.27. The molecule has 1 atom stereocenters. The van der Waals surface area contributed by atoms with Gasteiger partial charge >= 0.3 is 0 Å². The maximum absolute atomic E-state index is 12.0. The first-order valence-corrected chi connectivity index (χ1v) is 6.13. The highest BCUT2D eigenvalue weighted by molar-refractivity contribution is 6.29. The van der Waals surface area contributed by atoms with Gasteiger partial charge in [0.15, 0.2) is 0 Å². The molecule has 19 heavy (non-hydrogen) atoms. The van der Waals surface area contributed by atoms with Gasteiger partial charge in [0, 0.05) is 18.3 Å². The lowest BCUT2D eigenvalue weighted by molar-refractivity contribution is 0.0934. The zero-order chi connectivity index (χ0) is 14.0. The Bertz CT molecular complexity index is 610. The van der Waals surface area contributed by atoms with Crippen LogP contribution in [-0.2, 0) is 7.05 Å². The van der Waals surface area contributed by atoms with E-state index in [0.717, 1.165) is 11.3 Å². The lowest BCUT2D eigenvalue weighted by Gasteiger charge is -2.13. The van der Waals surface area contributed by atoms with Crippen molar-refractivity contribution in [3.8, 4) is 0 Å². The average molecular weight is 280 g/mol. The normalized spacial score (nSPS) is 12.2. The van der Waals surface area contributed by atoms with Gasteiger partial charge < -0.3 is 5.32 Å². The molecule has 7 heteroatoms. The number of nitrogens with zero attached hydrogens (tertiary/aromatic N) is 4. The summed E-state index contributed by atoms with van der Waals surface area (Å²) in [5.41, 5.74) is 2.16. The topological polar surface area (TPSA) is 72.7 Å². The highest BCUT2D eigenvalue weighted by Crippen LogP contribution is 2.16. The number of halogens is 1. The number of nitrogens with one attached hydrogen (secondary N) is 1. The summed E-state index contributed by atoms with van der Waals surface area (Å²) in [5.74, 6) is -0.314. The molecule has 0 saturated heterocycles. The number of rotatable bonds is 3. The van der Waals surface area contributed by atoms with Crippen LogP contribution in [0.25, 0.3) is 0 Å². The second-order valence-electron chi connectivity index (χ2n) is 4.23. The molecule has 1 unspecified atom stereocenters. The fourth-order valence-corrected chi connectivity index (χ4v) is 1.89. The summed E-state index contributed by atoms with van der Waals surface area (Å²) in [7, 11) is 1.86. The van der Waals surface area contributed by atoms with Crippen molar-refractivity contribution in [3.05, 3.63) is 40.7 Å². The molecule has 0 aliphatic carbocycles. The Balaban J connectivity index is 2.13. The van der Waals surface area contributed by atoms with Crippen LogP contribution in [0.5, 0.6) is 0 Å². The molecule has 1 amide bonds. The van der Waals surface area contributed by atoms with Crippen molar-refractivity contribution in [1.29, 1.82) is 0 Å². The number of amides is 1. The summed E-state index contributed by atoms with van der Waals surface area (Å²) in [5, 5.41) is 7.18. The van der Waals surface area contributed by atoms with E-state index in [2.05, 4.69) is 20.4 Å². The number of aryl methyl sites for hydroxylation is 1. The quantitative estimate of drug-likeness (QED) is 0.927. The number of carbonyl (C=O) groups excluding carboxylic acids is 1. The molecule has 1 N–H and O–H groups in total. The van der Waals surface area contributed by atoms with Crippen LogP contribution in [0.2, 0.25) is 5.15 Å². The van der Waals surface area contributed by atoms with Gasteiger partial charge in [-0.2, -0.15) is 5.10 Å². The van der Waals surface area contributed by atoms with Gasteiger partial charge in [0.1, 0.15) is 10.8 Å². The van der Waals surface area contributed by atoms with Gasteiger partial charge in [-0.3, -0.25) is 14.5 Å². The monoisotopic (exact) mass is 279 g/mol. The van der Waals surface area contributed by atoms with E-state index in [-0.39, 0.29) is 22.8 Å². The highest BCUT2D eigenvalue weighted by Gasteiger charge is 2.16. The summed E-state index contributed by atoms with van der Waals surface area (Å²) in [6, 6.07) is -0.165. The number of aromatic nitrogens is 4. The largest absolute Gasteiger partial charge is 0.344 e. The van der Waals surface area contributed by atoms with Crippen LogP contribution < -0.4 is 5.32 Å². The third-order valence-corrected chi connectivity index (χ3v) is 3.11. The fourth-order valence-electron chi connectivity index (χ4n) is 1.74. The Hall–Kier alpha value is -1.95. The zero-order valence-corrected chi connectivity index (χ0v) is 11.6. The molecule has 0 aliphatic heterocycles. The van der Waals surface area contributed by atoms with E-state index in [1.165, 1.54) is 12.4 Å². The Morgan fingerprint density at radius 3 is 2.74 bits per heavy atom. The molecule has 2 rings (SSSR count). The molecular weight excluding hydrogens is 266 g/mol. The van der Waals surface area contributed by atoms with Crippen molar-refractivity contribution in [1.82, 2.24) is 25.1 Å². The molecule has 0 bridgehead atoms. The minimum Gasteiger partial charge on any atom is -0.344 e. The molecule has 0 saturated carbocycles. The first kappa shape index (κ1) is 13.5. The minimum absolute atomic E-state index is 0.165. The van der Waals surface area contributed by atoms with Crippen molar-refractivity contribution in [2.45, 2.75) is 19.9 Å². The summed E-state index contributed by atoms with van der Waals surface area (Å²) in [4.78, 5) is 19.8. The maximum Gasteiger partial charge on any atom is 0.272 e. The van der Waals surface area contributed by atoms with Gasteiger partial charge in [-0.05, 0) is 13.8 Å². The van der Waals surface area contributed by atoms with E-state index in [9.17, 15) is 4.79 Å². The first-order chi connectivity index (χ1) is 8.99. The Morgan fingerprint density at radius 2 is 2.16 bits per heavy atom. The van der Waals surface area contributed by atoms with Crippen LogP contribution in [0.15, 0.2) is 18.6 Å². The minimum atomic E-state index is -0.314. The van der Waals surface area contributed by atoms with E-state index in [0.29, 0.717) is 0 Å². The van der Waals surface area contributed by atoms with Crippen molar-refractivity contribution in [3.63, 3.8) is 0 Å². The lowest BCUT2D eigenvalue weighted by atomic mass is 10.1. The Kier molecular flexibility index (Phi) is 3.80. The van der Waals surface area contributed by atoms with Gasteiger partial charge in [0.25, 0.3) is 5.91 Å². The first-order valence-electron chi connectivity index (χ1n) is 5.76. The molecule has 0 aliphatic rings. The third kappa shape index (κ3) is 2.90. The Labute approximate surface area is 115 Å². The van der Waals surface area contributed by atoms with E-state index >= 15 is 0 Å². The molecular formula is C12H14ClN5O. The zero-order valence-electron chi connectivity index (χ0n) is 10.9. The SMILES string of the molecule is Cc1c(C(C)NC(=O)c2cncc(Cl)n2)cnn1C. The van der Waals surface area contributed by atoms with Gasteiger partial charge in [0.2, 0.25) is 0 Å². The standard InChI is InChI=1S/C12H14ClN5O/c1-7(9-4-15-18(3)8(9)2)16-12(19)10-5-14-6-11(13)17-10/h4-7H,1-3H3,(H,16,19). The van der Waals surface area contributed by atoms with E-state index in [1.54, 1.807) is 10.9 Å². The summed E-state index contributed by atoms with van der Waals surface area (Å²) >= 11 is 5.70. The second kappa shape index (κ2) is 5.36. The predicted molar refractivity (Wildman–Crippen MR) is 70.9 cm³/mol. The maximum atomic E-state index is 12.0. The van der Waals surface area contributed by atoms with Crippen molar-refractivity contribution in [2.75, 3.05) is 0 Å². The van der Waals surface area contributed by atoms with Crippen LogP contribution in [0.4, 0.5) is 0 Å². The smallest absolute Gasteiger partial charge is 0.272 e. The number of carbonyl (C=O) groups is 1. The van der Waals surface area contributed by atoms with Crippen LogP contribution in [0.3, 0.4) is 0 Å². The van der Waals surface area contributed by atoms with Crippen molar-refractivity contribution < 1.29 is 4.79 Å². The molecule has 100 valence electrons. The number of hydrogen-bond donors (Lipinski definition) is 1. The van der Waals surface area contributed by atoms with Crippen molar-refractivity contribution >= 4 is 17.5 Å². The van der Waals surface area contributed by atoms with Gasteiger partial charge in [-0.1, -0.05) is 11.6 Å². The Morgan fingerprint density at radius 1 is 1.42 bits per heavy atom. The van der Waals surface area contributed by atoms with Crippen LogP contribution >= 0.6 is 11.6 Å². The predicted octanol–water partition coefficient (Wildman–Crippen LogP) is 1.66. The molecule has 6 nitrogen and oxygen atoms in total. The molecule has 0 aromatic carbocycles. The van der Waals surface area contributed by atoms with E-state index in [1.807, 2.05) is 20.9 Å². The summed E-state index contributed by atoms with van der Waals surface area (Å²) < 4.78 is 1.76. The fraction of sp³-hybridized carbons (Fsp3) is 0.333. The van der Waals surface area contributed by atoms with E-state index in [4.69, 9.17) is 11.6 Å². The van der Waals surface area contributed by atoms with Gasteiger partial charge in [-0.25, -0.2) is 4.98 Å². The molecule has 0 radical (unpaired) electrons. The highest BCUT2D eigenvalue weighted by atomic mass is 35.5. The van der Waals surface area contributed by atoms with Crippen LogP contribution in [-0.4, -0.2) is 25.7 Å². The summed E-state index contributed by atoms with van der Waals surface area (Å²) in [6.45, 7) is 3.84. The molecule has 2 aromatic rings. The summed E-state index contributed by atoms with van der Waals surface area (Å²) in [6.07, 6.45) is 4.50. The third-order valence-electron chi connectivity index (χ3n) is 2.93. The molecule has 2 aromatic heterocycles. The van der Waals surface area contributed by atoms with Crippen LogP contribution in [0.1, 0.15) is 34.7 Å². The van der Waals surface area contributed by atoms with E-state index < -0.39 is 0 Å². The van der Waals surface area contributed by atoms with Crippen LogP contribution in [0, 0.1) is 6.92 Å². The number of hydrogen-bond acceptors (Lipinski definition) is 4. The second-order valence-corrected chi connectivity index (χ2v) is 4.62. The average Bonchev–Trinajstić information content (AvgIpc) is 2.70. The molecule has 0 fully saturated rings. The van der Waals surface area contributed by atoms with Crippen molar-refractivity contribution in [2.24, 2.45) is 7.05 Å². The van der Waals surface area contributed by atoms with Gasteiger partial charge in [-0.15, -0.1) is 0 Å². The molecule has 2 heterocycles.